The molecule has 0 bridgehead atoms. The Hall–Kier alpha value is -2.10. The monoisotopic (exact) mass is 399 g/mol. The Morgan fingerprint density at radius 1 is 1.20 bits per heavy atom. The molecular weight excluding hydrogens is 386 g/mol. The van der Waals surface area contributed by atoms with Gasteiger partial charge < -0.3 is 5.32 Å². The van der Waals surface area contributed by atoms with E-state index < -0.39 is 21.6 Å². The van der Waals surface area contributed by atoms with Crippen LogP contribution < -0.4 is 10.0 Å². The van der Waals surface area contributed by atoms with E-state index in [0.29, 0.717) is 11.3 Å². The molecule has 1 saturated heterocycles. The molecule has 1 aromatic carbocycles. The minimum Gasteiger partial charge on any atom is -0.319 e. The molecule has 25 heavy (non-hydrogen) atoms. The fourth-order valence-corrected chi connectivity index (χ4v) is 5.28. The molecule has 3 rings (SSSR count). The van der Waals surface area contributed by atoms with E-state index in [1.807, 2.05) is 0 Å². The van der Waals surface area contributed by atoms with Crippen LogP contribution in [0.5, 0.6) is 0 Å². The maximum absolute atomic E-state index is 12.3. The average Bonchev–Trinajstić information content (AvgIpc) is 3.07. The zero-order valence-corrected chi connectivity index (χ0v) is 15.6. The van der Waals surface area contributed by atoms with E-state index in [-0.39, 0.29) is 15.8 Å². The number of imide groups is 1. The number of hydrogen-bond donors (Lipinski definition) is 2. The van der Waals surface area contributed by atoms with Crippen molar-refractivity contribution in [3.8, 4) is 0 Å². The second kappa shape index (κ2) is 6.01. The Morgan fingerprint density at radius 3 is 2.32 bits per heavy atom. The van der Waals surface area contributed by atoms with Gasteiger partial charge in [0.25, 0.3) is 15.9 Å². The predicted octanol–water partition coefficient (Wildman–Crippen LogP) is 2.60. The lowest BCUT2D eigenvalue weighted by molar-refractivity contribution is -0.130. The number of rotatable bonds is 4. The molecule has 1 unspecified atom stereocenters. The number of nitrogens with zero attached hydrogens (tertiary/aromatic N) is 1. The van der Waals surface area contributed by atoms with Crippen molar-refractivity contribution in [1.82, 2.24) is 10.2 Å². The lowest BCUT2D eigenvalue weighted by Gasteiger charge is -2.22. The summed E-state index contributed by atoms with van der Waals surface area (Å²) >= 11 is 7.06. The summed E-state index contributed by atoms with van der Waals surface area (Å²) in [7, 11) is -2.39. The van der Waals surface area contributed by atoms with Crippen molar-refractivity contribution < 1.29 is 18.0 Å². The highest BCUT2D eigenvalue weighted by Crippen LogP contribution is 2.30. The van der Waals surface area contributed by atoms with Crippen LogP contribution in [0.1, 0.15) is 12.5 Å². The van der Waals surface area contributed by atoms with Gasteiger partial charge in [-0.2, -0.15) is 0 Å². The molecule has 1 aromatic heterocycles. The number of sulfonamides is 1. The van der Waals surface area contributed by atoms with Gasteiger partial charge in [0.2, 0.25) is 0 Å². The van der Waals surface area contributed by atoms with Gasteiger partial charge in [0, 0.05) is 23.5 Å². The highest BCUT2D eigenvalue weighted by atomic mass is 35.5. The normalized spacial score (nSPS) is 20.7. The number of likely N-dealkylation sites (N-methyl/N-ethyl adjacent to an activating group) is 1. The summed E-state index contributed by atoms with van der Waals surface area (Å²) in [6.07, 6.45) is 0. The van der Waals surface area contributed by atoms with E-state index in [2.05, 4.69) is 10.0 Å². The molecule has 0 saturated carbocycles. The van der Waals surface area contributed by atoms with Crippen molar-refractivity contribution in [3.63, 3.8) is 0 Å². The molecule has 2 heterocycles. The maximum atomic E-state index is 12.3. The fraction of sp³-hybridized carbons (Fsp3) is 0.200. The van der Waals surface area contributed by atoms with Crippen molar-refractivity contribution in [3.05, 3.63) is 45.6 Å². The zero-order chi connectivity index (χ0) is 18.4. The molecular formula is C15H14ClN3O4S2. The van der Waals surface area contributed by atoms with Crippen LogP contribution in [0.15, 0.2) is 39.9 Å². The number of carbonyl (C=O) groups is 2. The van der Waals surface area contributed by atoms with E-state index in [1.165, 1.54) is 41.3 Å². The van der Waals surface area contributed by atoms with Crippen LogP contribution in [-0.2, 0) is 20.4 Å². The standard InChI is InChI=1S/C15H14ClN3O4S2/c1-15(13(20)19(2)14(21)17-15)9-3-5-10(6-4-9)18-25(22,23)12-8-24-7-11(12)16/h3-8,18H,1-2H3,(H,17,21). The fourth-order valence-electron chi connectivity index (χ4n) is 2.52. The van der Waals surface area contributed by atoms with Crippen LogP contribution in [0, 0.1) is 0 Å². The van der Waals surface area contributed by atoms with Gasteiger partial charge in [-0.3, -0.25) is 14.4 Å². The molecule has 0 radical (unpaired) electrons. The van der Waals surface area contributed by atoms with Crippen LogP contribution >= 0.6 is 22.9 Å². The first-order chi connectivity index (χ1) is 11.6. The SMILES string of the molecule is CN1C(=O)NC(C)(c2ccc(NS(=O)(=O)c3cscc3Cl)cc2)C1=O. The third-order valence-corrected chi connectivity index (χ3v) is 6.85. The van der Waals surface area contributed by atoms with Crippen molar-refractivity contribution >= 4 is 50.6 Å². The topological polar surface area (TPSA) is 95.6 Å². The minimum absolute atomic E-state index is 0.00932. The van der Waals surface area contributed by atoms with E-state index in [9.17, 15) is 18.0 Å². The number of nitrogens with one attached hydrogen (secondary N) is 2. The number of carbonyl (C=O) groups excluding carboxylic acids is 2. The third-order valence-electron chi connectivity index (χ3n) is 3.98. The second-order valence-electron chi connectivity index (χ2n) is 5.69. The van der Waals surface area contributed by atoms with Gasteiger partial charge in [0.15, 0.2) is 0 Å². The first kappa shape index (κ1) is 17.7. The summed E-state index contributed by atoms with van der Waals surface area (Å²) < 4.78 is 27.1. The number of amides is 3. The molecule has 1 aliphatic heterocycles. The second-order valence-corrected chi connectivity index (χ2v) is 8.49. The molecule has 1 atom stereocenters. The maximum Gasteiger partial charge on any atom is 0.325 e. The number of hydrogen-bond acceptors (Lipinski definition) is 5. The van der Waals surface area contributed by atoms with Crippen molar-refractivity contribution in [2.24, 2.45) is 0 Å². The number of anilines is 1. The Morgan fingerprint density at radius 2 is 1.84 bits per heavy atom. The molecule has 1 fully saturated rings. The van der Waals surface area contributed by atoms with E-state index >= 15 is 0 Å². The molecule has 2 N–H and O–H groups in total. The number of benzene rings is 1. The van der Waals surface area contributed by atoms with E-state index in [4.69, 9.17) is 11.6 Å². The third kappa shape index (κ3) is 2.99. The van der Waals surface area contributed by atoms with Crippen LogP contribution in [-0.4, -0.2) is 32.3 Å². The summed E-state index contributed by atoms with van der Waals surface area (Å²) in [4.78, 5) is 25.0. The summed E-state index contributed by atoms with van der Waals surface area (Å²) in [5.74, 6) is -0.379. The van der Waals surface area contributed by atoms with Crippen LogP contribution in [0.25, 0.3) is 0 Å². The number of thiophene rings is 1. The van der Waals surface area contributed by atoms with Gasteiger partial charge in [-0.25, -0.2) is 13.2 Å². The lowest BCUT2D eigenvalue weighted by atomic mass is 9.92. The van der Waals surface area contributed by atoms with Gasteiger partial charge in [-0.15, -0.1) is 11.3 Å². The predicted molar refractivity (Wildman–Crippen MR) is 95.2 cm³/mol. The Balaban J connectivity index is 1.85. The van der Waals surface area contributed by atoms with Gasteiger partial charge in [-0.05, 0) is 24.6 Å². The molecule has 3 amide bonds. The summed E-state index contributed by atoms with van der Waals surface area (Å²) in [5, 5.41) is 5.76. The highest BCUT2D eigenvalue weighted by Gasteiger charge is 2.47. The molecule has 0 spiro atoms. The molecule has 0 aliphatic carbocycles. The molecule has 10 heteroatoms. The van der Waals surface area contributed by atoms with Crippen LogP contribution in [0.3, 0.4) is 0 Å². The van der Waals surface area contributed by atoms with Gasteiger partial charge in [0.1, 0.15) is 10.4 Å². The number of urea groups is 1. The summed E-state index contributed by atoms with van der Waals surface area (Å²) in [6, 6.07) is 5.74. The molecule has 132 valence electrons. The average molecular weight is 400 g/mol. The quantitative estimate of drug-likeness (QED) is 0.772. The van der Waals surface area contributed by atoms with Crippen molar-refractivity contribution in [2.75, 3.05) is 11.8 Å². The van der Waals surface area contributed by atoms with Gasteiger partial charge in [-0.1, -0.05) is 23.7 Å². The Kier molecular flexibility index (Phi) is 4.26. The Labute approximate surface area is 153 Å². The lowest BCUT2D eigenvalue weighted by Crippen LogP contribution is -2.40. The van der Waals surface area contributed by atoms with Gasteiger partial charge >= 0.3 is 6.03 Å². The first-order valence-electron chi connectivity index (χ1n) is 7.10. The van der Waals surface area contributed by atoms with Crippen LogP contribution in [0.2, 0.25) is 5.02 Å². The highest BCUT2D eigenvalue weighted by molar-refractivity contribution is 7.93. The van der Waals surface area contributed by atoms with Crippen LogP contribution in [0.4, 0.5) is 10.5 Å². The van der Waals surface area contributed by atoms with Crippen molar-refractivity contribution in [1.29, 1.82) is 0 Å². The summed E-state index contributed by atoms with van der Waals surface area (Å²) in [5.41, 5.74) is -0.314. The largest absolute Gasteiger partial charge is 0.325 e. The molecule has 2 aromatic rings. The Bertz CT molecular complexity index is 955. The molecule has 7 nitrogen and oxygen atoms in total. The van der Waals surface area contributed by atoms with E-state index in [0.717, 1.165) is 4.90 Å². The molecule has 1 aliphatic rings. The number of halogens is 1. The smallest absolute Gasteiger partial charge is 0.319 e. The van der Waals surface area contributed by atoms with E-state index in [1.54, 1.807) is 19.1 Å². The minimum atomic E-state index is -3.79. The van der Waals surface area contributed by atoms with Gasteiger partial charge in [0.05, 0.1) is 5.02 Å². The first-order valence-corrected chi connectivity index (χ1v) is 9.91. The summed E-state index contributed by atoms with van der Waals surface area (Å²) in [6.45, 7) is 1.60. The zero-order valence-electron chi connectivity index (χ0n) is 13.2. The van der Waals surface area contributed by atoms with Crippen molar-refractivity contribution in [2.45, 2.75) is 17.4 Å².